The third-order valence-corrected chi connectivity index (χ3v) is 2.56. The Morgan fingerprint density at radius 1 is 1.33 bits per heavy atom. The summed E-state index contributed by atoms with van der Waals surface area (Å²) in [5.74, 6) is 0. The first-order valence-corrected chi connectivity index (χ1v) is 5.86. The van der Waals surface area contributed by atoms with Crippen LogP contribution in [0.5, 0.6) is 0 Å². The van der Waals surface area contributed by atoms with Crippen molar-refractivity contribution in [3.8, 4) is 0 Å². The summed E-state index contributed by atoms with van der Waals surface area (Å²) in [6.45, 7) is 2.57. The maximum Gasteiger partial charge on any atom is 0.319 e. The molecule has 0 atom stereocenters. The molecule has 0 aliphatic heterocycles. The highest BCUT2D eigenvalue weighted by Gasteiger charge is 2.01. The van der Waals surface area contributed by atoms with Crippen molar-refractivity contribution < 1.29 is 9.21 Å². The molecule has 18 heavy (non-hydrogen) atoms. The molecule has 4 nitrogen and oxygen atoms in total. The molecule has 1 heterocycles. The molecular formula is C14H16N2O2. The van der Waals surface area contributed by atoms with Crippen molar-refractivity contribution in [3.63, 3.8) is 0 Å². The number of furan rings is 1. The molecule has 0 aliphatic rings. The number of benzene rings is 1. The topological polar surface area (TPSA) is 54.3 Å². The van der Waals surface area contributed by atoms with Gasteiger partial charge in [-0.2, -0.15) is 0 Å². The lowest BCUT2D eigenvalue weighted by molar-refractivity contribution is 0.252. The number of aryl methyl sites for hydroxylation is 1. The highest BCUT2D eigenvalue weighted by atomic mass is 16.3. The SMILES string of the molecule is Cc1cccc(NC(=O)NCCc2ccoc2)c1. The summed E-state index contributed by atoms with van der Waals surface area (Å²) >= 11 is 0. The first-order valence-electron chi connectivity index (χ1n) is 5.86. The van der Waals surface area contributed by atoms with Crippen LogP contribution in [-0.4, -0.2) is 12.6 Å². The second-order valence-corrected chi connectivity index (χ2v) is 4.13. The van der Waals surface area contributed by atoms with Crippen LogP contribution in [0.25, 0.3) is 0 Å². The molecule has 0 radical (unpaired) electrons. The summed E-state index contributed by atoms with van der Waals surface area (Å²) in [6.07, 6.45) is 4.07. The number of amides is 2. The number of anilines is 1. The molecule has 2 rings (SSSR count). The van der Waals surface area contributed by atoms with Crippen LogP contribution >= 0.6 is 0 Å². The summed E-state index contributed by atoms with van der Waals surface area (Å²) in [5, 5.41) is 5.59. The van der Waals surface area contributed by atoms with Gasteiger partial charge >= 0.3 is 6.03 Å². The molecule has 0 unspecified atom stereocenters. The molecule has 2 amide bonds. The molecule has 2 aromatic rings. The molecule has 0 spiro atoms. The number of urea groups is 1. The number of carbonyl (C=O) groups is 1. The van der Waals surface area contributed by atoms with Crippen LogP contribution in [0.3, 0.4) is 0 Å². The number of rotatable bonds is 4. The molecule has 0 saturated carbocycles. The number of hydrogen-bond donors (Lipinski definition) is 2. The fourth-order valence-electron chi connectivity index (χ4n) is 1.65. The van der Waals surface area contributed by atoms with Crippen molar-refractivity contribution in [1.82, 2.24) is 5.32 Å². The van der Waals surface area contributed by atoms with E-state index in [9.17, 15) is 4.79 Å². The Kier molecular flexibility index (Phi) is 4.02. The van der Waals surface area contributed by atoms with Gasteiger partial charge in [0, 0.05) is 12.2 Å². The zero-order valence-electron chi connectivity index (χ0n) is 10.3. The Labute approximate surface area is 106 Å². The first kappa shape index (κ1) is 12.2. The molecule has 1 aromatic carbocycles. The predicted molar refractivity (Wildman–Crippen MR) is 70.6 cm³/mol. The Hall–Kier alpha value is -2.23. The van der Waals surface area contributed by atoms with Gasteiger partial charge in [0.1, 0.15) is 0 Å². The lowest BCUT2D eigenvalue weighted by atomic mass is 10.2. The van der Waals surface area contributed by atoms with Gasteiger partial charge in [0.05, 0.1) is 12.5 Å². The highest BCUT2D eigenvalue weighted by Crippen LogP contribution is 2.09. The van der Waals surface area contributed by atoms with E-state index < -0.39 is 0 Å². The summed E-state index contributed by atoms with van der Waals surface area (Å²) in [7, 11) is 0. The van der Waals surface area contributed by atoms with E-state index in [0.29, 0.717) is 6.54 Å². The van der Waals surface area contributed by atoms with Crippen LogP contribution in [0.2, 0.25) is 0 Å². The Bertz CT molecular complexity index is 506. The van der Waals surface area contributed by atoms with Crippen LogP contribution in [-0.2, 0) is 6.42 Å². The third kappa shape index (κ3) is 3.66. The van der Waals surface area contributed by atoms with E-state index >= 15 is 0 Å². The summed E-state index contributed by atoms with van der Waals surface area (Å²) in [6, 6.07) is 9.39. The first-order chi connectivity index (χ1) is 8.74. The molecule has 1 aromatic heterocycles. The van der Waals surface area contributed by atoms with E-state index in [-0.39, 0.29) is 6.03 Å². The normalized spacial score (nSPS) is 10.1. The number of carbonyl (C=O) groups excluding carboxylic acids is 1. The van der Waals surface area contributed by atoms with Crippen molar-refractivity contribution in [2.75, 3.05) is 11.9 Å². The van der Waals surface area contributed by atoms with E-state index in [1.54, 1.807) is 12.5 Å². The van der Waals surface area contributed by atoms with E-state index in [0.717, 1.165) is 23.2 Å². The van der Waals surface area contributed by atoms with E-state index in [1.165, 1.54) is 0 Å². The van der Waals surface area contributed by atoms with Gasteiger partial charge in [-0.25, -0.2) is 4.79 Å². The van der Waals surface area contributed by atoms with Crippen LogP contribution in [0.15, 0.2) is 47.3 Å². The molecular weight excluding hydrogens is 228 g/mol. The minimum atomic E-state index is -0.191. The zero-order chi connectivity index (χ0) is 12.8. The quantitative estimate of drug-likeness (QED) is 0.868. The maximum atomic E-state index is 11.6. The van der Waals surface area contributed by atoms with E-state index in [4.69, 9.17) is 4.42 Å². The van der Waals surface area contributed by atoms with Crippen molar-refractivity contribution >= 4 is 11.7 Å². The molecule has 2 N–H and O–H groups in total. The summed E-state index contributed by atoms with van der Waals surface area (Å²) < 4.78 is 4.95. The van der Waals surface area contributed by atoms with Crippen molar-refractivity contribution in [1.29, 1.82) is 0 Å². The van der Waals surface area contributed by atoms with Crippen LogP contribution in [0, 0.1) is 6.92 Å². The number of hydrogen-bond acceptors (Lipinski definition) is 2. The average molecular weight is 244 g/mol. The second kappa shape index (κ2) is 5.91. The van der Waals surface area contributed by atoms with Gasteiger partial charge in [-0.05, 0) is 42.7 Å². The van der Waals surface area contributed by atoms with Crippen LogP contribution < -0.4 is 10.6 Å². The zero-order valence-corrected chi connectivity index (χ0v) is 10.3. The average Bonchev–Trinajstić information content (AvgIpc) is 2.82. The van der Waals surface area contributed by atoms with Gasteiger partial charge in [0.25, 0.3) is 0 Å². The standard InChI is InChI=1S/C14H16N2O2/c1-11-3-2-4-13(9-11)16-14(17)15-7-5-12-6-8-18-10-12/h2-4,6,8-10H,5,7H2,1H3,(H2,15,16,17). The Morgan fingerprint density at radius 3 is 2.94 bits per heavy atom. The van der Waals surface area contributed by atoms with Gasteiger partial charge < -0.3 is 15.1 Å². The fourth-order valence-corrected chi connectivity index (χ4v) is 1.65. The smallest absolute Gasteiger partial charge is 0.319 e. The van der Waals surface area contributed by atoms with Gasteiger partial charge in [0.15, 0.2) is 0 Å². The largest absolute Gasteiger partial charge is 0.472 e. The molecule has 94 valence electrons. The minimum Gasteiger partial charge on any atom is -0.472 e. The molecule has 0 aliphatic carbocycles. The lowest BCUT2D eigenvalue weighted by Gasteiger charge is -2.07. The van der Waals surface area contributed by atoms with E-state index in [2.05, 4.69) is 10.6 Å². The monoisotopic (exact) mass is 244 g/mol. The van der Waals surface area contributed by atoms with Crippen molar-refractivity contribution in [2.45, 2.75) is 13.3 Å². The molecule has 0 saturated heterocycles. The van der Waals surface area contributed by atoms with Crippen molar-refractivity contribution in [2.24, 2.45) is 0 Å². The molecule has 4 heteroatoms. The molecule has 0 fully saturated rings. The van der Waals surface area contributed by atoms with Crippen molar-refractivity contribution in [3.05, 3.63) is 54.0 Å². The Morgan fingerprint density at radius 2 is 2.22 bits per heavy atom. The van der Waals surface area contributed by atoms with Gasteiger partial charge in [-0.3, -0.25) is 0 Å². The Balaban J connectivity index is 1.75. The van der Waals surface area contributed by atoms with E-state index in [1.807, 2.05) is 37.3 Å². The van der Waals surface area contributed by atoms with Gasteiger partial charge in [0.2, 0.25) is 0 Å². The second-order valence-electron chi connectivity index (χ2n) is 4.13. The third-order valence-electron chi connectivity index (χ3n) is 2.56. The van der Waals surface area contributed by atoms with Crippen LogP contribution in [0.1, 0.15) is 11.1 Å². The highest BCUT2D eigenvalue weighted by molar-refractivity contribution is 5.89. The lowest BCUT2D eigenvalue weighted by Crippen LogP contribution is -2.30. The summed E-state index contributed by atoms with van der Waals surface area (Å²) in [5.41, 5.74) is 2.99. The number of nitrogens with one attached hydrogen (secondary N) is 2. The van der Waals surface area contributed by atoms with Gasteiger partial charge in [-0.1, -0.05) is 12.1 Å². The predicted octanol–water partition coefficient (Wildman–Crippen LogP) is 2.95. The molecule has 0 bridgehead atoms. The van der Waals surface area contributed by atoms with Crippen LogP contribution in [0.4, 0.5) is 10.5 Å². The fraction of sp³-hybridized carbons (Fsp3) is 0.214. The maximum absolute atomic E-state index is 11.6. The minimum absolute atomic E-state index is 0.191. The van der Waals surface area contributed by atoms with Gasteiger partial charge in [-0.15, -0.1) is 0 Å². The summed E-state index contributed by atoms with van der Waals surface area (Å²) in [4.78, 5) is 11.6.